The second-order valence-corrected chi connectivity index (χ2v) is 7.54. The van der Waals surface area contributed by atoms with E-state index in [1.165, 1.54) is 0 Å². The Morgan fingerprint density at radius 1 is 0.893 bits per heavy atom. The molecule has 0 aliphatic carbocycles. The van der Waals surface area contributed by atoms with Crippen LogP contribution in [0.25, 0.3) is 0 Å². The van der Waals surface area contributed by atoms with Crippen molar-refractivity contribution in [2.75, 3.05) is 0 Å². The highest BCUT2D eigenvalue weighted by molar-refractivity contribution is 5.76. The van der Waals surface area contributed by atoms with Crippen molar-refractivity contribution >= 4 is 11.9 Å². The maximum absolute atomic E-state index is 12.4. The second kappa shape index (κ2) is 10.1. The highest BCUT2D eigenvalue weighted by Crippen LogP contribution is 2.42. The van der Waals surface area contributed by atoms with Gasteiger partial charge in [-0.2, -0.15) is 0 Å². The fourth-order valence-electron chi connectivity index (χ4n) is 4.22. The van der Waals surface area contributed by atoms with Crippen molar-refractivity contribution < 1.29 is 19.8 Å². The normalized spacial score (nSPS) is 15.4. The van der Waals surface area contributed by atoms with Crippen molar-refractivity contribution in [1.82, 2.24) is 0 Å². The quantitative estimate of drug-likeness (QED) is 0.569. The molecule has 4 nitrogen and oxygen atoms in total. The van der Waals surface area contributed by atoms with Crippen LogP contribution in [0.15, 0.2) is 60.7 Å². The molecule has 0 radical (unpaired) electrons. The minimum Gasteiger partial charge on any atom is -0.481 e. The molecule has 2 N–H and O–H groups in total. The first-order chi connectivity index (χ1) is 13.4. The van der Waals surface area contributed by atoms with Crippen LogP contribution in [-0.4, -0.2) is 22.2 Å². The fraction of sp³-hybridized carbons (Fsp3) is 0.417. The number of hydrogen-bond donors (Lipinski definition) is 2. The zero-order chi connectivity index (χ0) is 20.6. The first-order valence-electron chi connectivity index (χ1n) is 9.97. The van der Waals surface area contributed by atoms with Gasteiger partial charge in [-0.05, 0) is 42.7 Å². The molecule has 0 aliphatic rings. The van der Waals surface area contributed by atoms with Gasteiger partial charge < -0.3 is 10.2 Å². The van der Waals surface area contributed by atoms with Gasteiger partial charge in [0.1, 0.15) is 0 Å². The molecule has 0 saturated heterocycles. The molecule has 0 saturated carbocycles. The summed E-state index contributed by atoms with van der Waals surface area (Å²) in [5.41, 5.74) is 0.964. The molecule has 4 heteroatoms. The SMILES string of the molecule is CCC(CC(Cc1ccccc1)C(=O)O)C(CC)(Cc1ccccc1)C(=O)O. The standard InChI is InChI=1S/C24H30O4/c1-3-21(16-20(22(25)26)15-18-11-7-5-8-12-18)24(4-2,23(27)28)17-19-13-9-6-10-14-19/h5-14,20-21H,3-4,15-17H2,1-2H3,(H,25,26)(H,27,28). The van der Waals surface area contributed by atoms with Gasteiger partial charge in [0, 0.05) is 0 Å². The average Bonchev–Trinajstić information content (AvgIpc) is 2.70. The van der Waals surface area contributed by atoms with Crippen LogP contribution in [-0.2, 0) is 22.4 Å². The number of carboxylic acid groups (broad SMARTS) is 2. The highest BCUT2D eigenvalue weighted by atomic mass is 16.4. The molecule has 2 rings (SSSR count). The van der Waals surface area contributed by atoms with E-state index in [1.54, 1.807) is 0 Å². The lowest BCUT2D eigenvalue weighted by molar-refractivity contribution is -0.155. The van der Waals surface area contributed by atoms with Crippen molar-refractivity contribution in [3.05, 3.63) is 71.8 Å². The van der Waals surface area contributed by atoms with Crippen LogP contribution in [0.5, 0.6) is 0 Å². The van der Waals surface area contributed by atoms with Crippen LogP contribution in [0.2, 0.25) is 0 Å². The smallest absolute Gasteiger partial charge is 0.310 e. The van der Waals surface area contributed by atoms with Gasteiger partial charge in [-0.25, -0.2) is 0 Å². The minimum atomic E-state index is -0.972. The number of carbonyl (C=O) groups is 2. The summed E-state index contributed by atoms with van der Waals surface area (Å²) in [6, 6.07) is 19.2. The molecule has 3 unspecified atom stereocenters. The Kier molecular flexibility index (Phi) is 7.80. The molecule has 0 aromatic heterocycles. The topological polar surface area (TPSA) is 74.6 Å². The summed E-state index contributed by atoms with van der Waals surface area (Å²) in [6.45, 7) is 3.86. The molecule has 2 aromatic carbocycles. The highest BCUT2D eigenvalue weighted by Gasteiger charge is 2.44. The Bertz CT molecular complexity index is 757. The Morgan fingerprint density at radius 3 is 1.86 bits per heavy atom. The lowest BCUT2D eigenvalue weighted by Crippen LogP contribution is -2.42. The van der Waals surface area contributed by atoms with E-state index in [0.717, 1.165) is 11.1 Å². The monoisotopic (exact) mass is 382 g/mol. The van der Waals surface area contributed by atoms with E-state index in [0.29, 0.717) is 32.1 Å². The summed E-state index contributed by atoms with van der Waals surface area (Å²) in [7, 11) is 0. The molecule has 2 aromatic rings. The third-order valence-electron chi connectivity index (χ3n) is 5.94. The van der Waals surface area contributed by atoms with Gasteiger partial charge in [0.15, 0.2) is 0 Å². The maximum atomic E-state index is 12.4. The van der Waals surface area contributed by atoms with Crippen LogP contribution in [0.3, 0.4) is 0 Å². The van der Waals surface area contributed by atoms with Gasteiger partial charge in [0.25, 0.3) is 0 Å². The Labute approximate surface area is 167 Å². The molecule has 0 amide bonds. The predicted molar refractivity (Wildman–Crippen MR) is 110 cm³/mol. The first kappa shape index (κ1) is 21.7. The minimum absolute atomic E-state index is 0.222. The summed E-state index contributed by atoms with van der Waals surface area (Å²) in [4.78, 5) is 24.4. The average molecular weight is 383 g/mol. The van der Waals surface area contributed by atoms with Crippen LogP contribution >= 0.6 is 0 Å². The third kappa shape index (κ3) is 5.22. The molecular formula is C24H30O4. The van der Waals surface area contributed by atoms with Crippen molar-refractivity contribution in [2.45, 2.75) is 46.0 Å². The zero-order valence-corrected chi connectivity index (χ0v) is 16.7. The summed E-state index contributed by atoms with van der Waals surface area (Å²) >= 11 is 0. The number of benzene rings is 2. The van der Waals surface area contributed by atoms with Crippen LogP contribution in [0.4, 0.5) is 0 Å². The summed E-state index contributed by atoms with van der Waals surface area (Å²) < 4.78 is 0. The maximum Gasteiger partial charge on any atom is 0.310 e. The zero-order valence-electron chi connectivity index (χ0n) is 16.7. The van der Waals surface area contributed by atoms with Gasteiger partial charge >= 0.3 is 11.9 Å². The summed E-state index contributed by atoms with van der Waals surface area (Å²) in [5, 5.41) is 20.0. The van der Waals surface area contributed by atoms with E-state index in [-0.39, 0.29) is 5.92 Å². The molecule has 0 bridgehead atoms. The second-order valence-electron chi connectivity index (χ2n) is 7.54. The van der Waals surface area contributed by atoms with E-state index in [9.17, 15) is 19.8 Å². The van der Waals surface area contributed by atoms with E-state index >= 15 is 0 Å². The number of carboxylic acids is 2. The van der Waals surface area contributed by atoms with E-state index < -0.39 is 23.3 Å². The van der Waals surface area contributed by atoms with Crippen LogP contribution in [0.1, 0.15) is 44.2 Å². The Balaban J connectivity index is 2.30. The Morgan fingerprint density at radius 2 is 1.43 bits per heavy atom. The molecular weight excluding hydrogens is 352 g/mol. The lowest BCUT2D eigenvalue weighted by atomic mass is 9.65. The first-order valence-corrected chi connectivity index (χ1v) is 9.97. The molecule has 28 heavy (non-hydrogen) atoms. The molecule has 3 atom stereocenters. The molecule has 0 heterocycles. The van der Waals surface area contributed by atoms with Gasteiger partial charge in [-0.3, -0.25) is 9.59 Å². The van der Waals surface area contributed by atoms with Gasteiger partial charge in [-0.15, -0.1) is 0 Å². The molecule has 0 fully saturated rings. The van der Waals surface area contributed by atoms with Crippen molar-refractivity contribution in [3.63, 3.8) is 0 Å². The van der Waals surface area contributed by atoms with Crippen molar-refractivity contribution in [1.29, 1.82) is 0 Å². The summed E-state index contributed by atoms with van der Waals surface area (Å²) in [5.74, 6) is -2.53. The predicted octanol–water partition coefficient (Wildman–Crippen LogP) is 5.07. The van der Waals surface area contributed by atoms with Crippen LogP contribution < -0.4 is 0 Å². The van der Waals surface area contributed by atoms with E-state index in [2.05, 4.69) is 0 Å². The van der Waals surface area contributed by atoms with E-state index in [4.69, 9.17) is 0 Å². The molecule has 0 spiro atoms. The Hall–Kier alpha value is -2.62. The van der Waals surface area contributed by atoms with Gasteiger partial charge in [-0.1, -0.05) is 80.9 Å². The largest absolute Gasteiger partial charge is 0.481 e. The fourth-order valence-corrected chi connectivity index (χ4v) is 4.22. The lowest BCUT2D eigenvalue weighted by Gasteiger charge is -2.37. The van der Waals surface area contributed by atoms with Gasteiger partial charge in [0.2, 0.25) is 0 Å². The number of hydrogen-bond acceptors (Lipinski definition) is 2. The van der Waals surface area contributed by atoms with Gasteiger partial charge in [0.05, 0.1) is 11.3 Å². The third-order valence-corrected chi connectivity index (χ3v) is 5.94. The number of aliphatic carboxylic acids is 2. The molecule has 150 valence electrons. The van der Waals surface area contributed by atoms with Crippen LogP contribution in [0, 0.1) is 17.3 Å². The number of rotatable bonds is 11. The molecule has 0 aliphatic heterocycles. The summed E-state index contributed by atoms with van der Waals surface area (Å²) in [6.07, 6.45) is 2.28. The van der Waals surface area contributed by atoms with E-state index in [1.807, 2.05) is 74.5 Å². The van der Waals surface area contributed by atoms with Crippen molar-refractivity contribution in [2.24, 2.45) is 17.3 Å². The van der Waals surface area contributed by atoms with Crippen molar-refractivity contribution in [3.8, 4) is 0 Å².